The molecule has 0 fully saturated rings. The summed E-state index contributed by atoms with van der Waals surface area (Å²) < 4.78 is 0. The lowest BCUT2D eigenvalue weighted by atomic mass is 9.71. The smallest absolute Gasteiger partial charge is 0.0164 e. The maximum Gasteiger partial charge on any atom is 0.0164 e. The Morgan fingerprint density at radius 3 is 2.78 bits per heavy atom. The zero-order valence-corrected chi connectivity index (χ0v) is 12.6. The van der Waals surface area contributed by atoms with E-state index in [2.05, 4.69) is 45.7 Å². The molecule has 0 spiro atoms. The van der Waals surface area contributed by atoms with Crippen molar-refractivity contribution in [3.63, 3.8) is 0 Å². The second-order valence-electron chi connectivity index (χ2n) is 6.17. The Balaban J connectivity index is 2.60. The Labute approximate surface area is 113 Å². The molecule has 0 heterocycles. The van der Waals surface area contributed by atoms with Gasteiger partial charge >= 0.3 is 0 Å². The molecule has 0 bridgehead atoms. The van der Waals surface area contributed by atoms with Crippen molar-refractivity contribution in [3.8, 4) is 0 Å². The molecule has 0 atom stereocenters. The fourth-order valence-electron chi connectivity index (χ4n) is 2.85. The van der Waals surface area contributed by atoms with E-state index < -0.39 is 0 Å². The van der Waals surface area contributed by atoms with Crippen molar-refractivity contribution in [2.45, 2.75) is 53.4 Å². The minimum atomic E-state index is 0.396. The summed E-state index contributed by atoms with van der Waals surface area (Å²) in [4.78, 5) is 0. The standard InChI is InChI=1S/C17H29N/c1-6-12-18-13-14(2)9-10-16-15(3)8-7-11-17(16,4)5/h6,9,18H,1,7-8,10-13H2,2-5H3/b14-9+. The molecule has 0 aromatic carbocycles. The molecule has 1 aliphatic rings. The van der Waals surface area contributed by atoms with Gasteiger partial charge in [0.2, 0.25) is 0 Å². The lowest BCUT2D eigenvalue weighted by molar-refractivity contribution is 0.360. The second kappa shape index (κ2) is 6.94. The van der Waals surface area contributed by atoms with E-state index in [1.165, 1.54) is 24.8 Å². The summed E-state index contributed by atoms with van der Waals surface area (Å²) in [5.41, 5.74) is 5.11. The molecule has 0 unspecified atom stereocenters. The van der Waals surface area contributed by atoms with E-state index >= 15 is 0 Å². The summed E-state index contributed by atoms with van der Waals surface area (Å²) in [6, 6.07) is 0. The van der Waals surface area contributed by atoms with Crippen LogP contribution in [0.15, 0.2) is 35.5 Å². The van der Waals surface area contributed by atoms with Crippen molar-refractivity contribution >= 4 is 0 Å². The SMILES string of the molecule is C=CCNC/C(C)=C/CC1=C(C)CCCC1(C)C. The monoisotopic (exact) mass is 247 g/mol. The van der Waals surface area contributed by atoms with Crippen molar-refractivity contribution in [2.24, 2.45) is 5.41 Å². The van der Waals surface area contributed by atoms with Gasteiger partial charge in [0.1, 0.15) is 0 Å². The molecule has 0 radical (unpaired) electrons. The molecule has 18 heavy (non-hydrogen) atoms. The summed E-state index contributed by atoms with van der Waals surface area (Å²) in [6.07, 6.45) is 9.40. The van der Waals surface area contributed by atoms with Gasteiger partial charge in [-0.1, -0.05) is 42.7 Å². The van der Waals surface area contributed by atoms with Crippen LogP contribution < -0.4 is 5.32 Å². The molecular formula is C17H29N. The van der Waals surface area contributed by atoms with Crippen LogP contribution in [0, 0.1) is 5.41 Å². The Morgan fingerprint density at radius 1 is 1.44 bits per heavy atom. The highest BCUT2D eigenvalue weighted by molar-refractivity contribution is 5.25. The van der Waals surface area contributed by atoms with Crippen LogP contribution in [0.4, 0.5) is 0 Å². The fraction of sp³-hybridized carbons (Fsp3) is 0.647. The van der Waals surface area contributed by atoms with E-state index in [4.69, 9.17) is 0 Å². The Morgan fingerprint density at radius 2 is 2.17 bits per heavy atom. The van der Waals surface area contributed by atoms with Crippen LogP contribution in [-0.4, -0.2) is 13.1 Å². The first-order chi connectivity index (χ1) is 8.47. The van der Waals surface area contributed by atoms with Crippen LogP contribution in [0.2, 0.25) is 0 Å². The van der Waals surface area contributed by atoms with E-state index in [0.29, 0.717) is 5.41 Å². The lowest BCUT2D eigenvalue weighted by Crippen LogP contribution is -2.20. The zero-order chi connectivity index (χ0) is 13.6. The van der Waals surface area contributed by atoms with E-state index in [1.54, 1.807) is 11.1 Å². The Bertz CT molecular complexity index is 345. The molecule has 0 aromatic heterocycles. The number of allylic oxidation sites excluding steroid dienone is 3. The predicted octanol–water partition coefficient (Wildman–Crippen LogP) is 4.63. The molecule has 0 saturated carbocycles. The molecule has 1 N–H and O–H groups in total. The zero-order valence-electron chi connectivity index (χ0n) is 12.6. The maximum atomic E-state index is 3.72. The molecule has 0 aromatic rings. The van der Waals surface area contributed by atoms with Gasteiger partial charge < -0.3 is 5.32 Å². The second-order valence-corrected chi connectivity index (χ2v) is 6.17. The number of hydrogen-bond acceptors (Lipinski definition) is 1. The largest absolute Gasteiger partial charge is 0.310 e. The topological polar surface area (TPSA) is 12.0 Å². The van der Waals surface area contributed by atoms with Crippen molar-refractivity contribution in [1.29, 1.82) is 0 Å². The maximum absolute atomic E-state index is 3.72. The third kappa shape index (κ3) is 4.45. The van der Waals surface area contributed by atoms with Gasteiger partial charge in [-0.25, -0.2) is 0 Å². The normalized spacial score (nSPS) is 20.1. The molecule has 1 rings (SSSR count). The van der Waals surface area contributed by atoms with Gasteiger partial charge in [0.25, 0.3) is 0 Å². The summed E-state index contributed by atoms with van der Waals surface area (Å²) in [7, 11) is 0. The Kier molecular flexibility index (Phi) is 5.87. The van der Waals surface area contributed by atoms with Crippen molar-refractivity contribution in [2.75, 3.05) is 13.1 Å². The highest BCUT2D eigenvalue weighted by Gasteiger charge is 2.27. The van der Waals surface area contributed by atoms with Crippen molar-refractivity contribution in [3.05, 3.63) is 35.5 Å². The quantitative estimate of drug-likeness (QED) is 0.533. The van der Waals surface area contributed by atoms with Gasteiger partial charge in [-0.15, -0.1) is 6.58 Å². The molecular weight excluding hydrogens is 218 g/mol. The van der Waals surface area contributed by atoms with Crippen molar-refractivity contribution in [1.82, 2.24) is 5.32 Å². The minimum Gasteiger partial charge on any atom is -0.310 e. The van der Waals surface area contributed by atoms with Crippen LogP contribution in [0.3, 0.4) is 0 Å². The first kappa shape index (κ1) is 15.2. The molecule has 1 heteroatoms. The molecule has 1 nitrogen and oxygen atoms in total. The highest BCUT2D eigenvalue weighted by Crippen LogP contribution is 2.41. The van der Waals surface area contributed by atoms with Crippen molar-refractivity contribution < 1.29 is 0 Å². The molecule has 0 aliphatic heterocycles. The van der Waals surface area contributed by atoms with Gasteiger partial charge in [-0.05, 0) is 44.9 Å². The fourth-order valence-corrected chi connectivity index (χ4v) is 2.85. The molecule has 0 amide bonds. The van der Waals surface area contributed by atoms with Crippen LogP contribution >= 0.6 is 0 Å². The van der Waals surface area contributed by atoms with E-state index in [9.17, 15) is 0 Å². The van der Waals surface area contributed by atoms with Gasteiger partial charge in [0, 0.05) is 13.1 Å². The lowest BCUT2D eigenvalue weighted by Gasteiger charge is -2.34. The number of hydrogen-bond donors (Lipinski definition) is 1. The summed E-state index contributed by atoms with van der Waals surface area (Å²) >= 11 is 0. The number of rotatable bonds is 6. The van der Waals surface area contributed by atoms with E-state index in [1.807, 2.05) is 6.08 Å². The van der Waals surface area contributed by atoms with Gasteiger partial charge in [-0.2, -0.15) is 0 Å². The molecule has 102 valence electrons. The van der Waals surface area contributed by atoms with Gasteiger partial charge in [-0.3, -0.25) is 0 Å². The minimum absolute atomic E-state index is 0.396. The van der Waals surface area contributed by atoms with Crippen LogP contribution in [-0.2, 0) is 0 Å². The van der Waals surface area contributed by atoms with Gasteiger partial charge in [0.05, 0.1) is 0 Å². The van der Waals surface area contributed by atoms with Crippen LogP contribution in [0.1, 0.15) is 53.4 Å². The third-order valence-electron chi connectivity index (χ3n) is 4.03. The van der Waals surface area contributed by atoms with Crippen LogP contribution in [0.5, 0.6) is 0 Å². The first-order valence-electron chi connectivity index (χ1n) is 7.13. The summed E-state index contributed by atoms with van der Waals surface area (Å²) in [6.45, 7) is 14.9. The molecule has 0 saturated heterocycles. The summed E-state index contributed by atoms with van der Waals surface area (Å²) in [5.74, 6) is 0. The first-order valence-corrected chi connectivity index (χ1v) is 7.13. The third-order valence-corrected chi connectivity index (χ3v) is 4.03. The molecule has 1 aliphatic carbocycles. The van der Waals surface area contributed by atoms with Crippen LogP contribution in [0.25, 0.3) is 0 Å². The average molecular weight is 247 g/mol. The highest BCUT2D eigenvalue weighted by atomic mass is 14.8. The number of nitrogens with one attached hydrogen (secondary N) is 1. The average Bonchev–Trinajstić information content (AvgIpc) is 2.28. The Hall–Kier alpha value is -0.820. The van der Waals surface area contributed by atoms with Gasteiger partial charge in [0.15, 0.2) is 0 Å². The van der Waals surface area contributed by atoms with E-state index in [-0.39, 0.29) is 0 Å². The predicted molar refractivity (Wildman–Crippen MR) is 81.8 cm³/mol. The summed E-state index contributed by atoms with van der Waals surface area (Å²) in [5, 5.41) is 3.35. The van der Waals surface area contributed by atoms with E-state index in [0.717, 1.165) is 19.5 Å².